The van der Waals surface area contributed by atoms with Gasteiger partial charge in [-0.15, -0.1) is 0 Å². The van der Waals surface area contributed by atoms with Crippen LogP contribution in [0.25, 0.3) is 0 Å². The van der Waals surface area contributed by atoms with Gasteiger partial charge in [0.15, 0.2) is 0 Å². The molecule has 0 radical (unpaired) electrons. The third-order valence-corrected chi connectivity index (χ3v) is 1.88. The molecule has 1 aromatic rings. The number of rotatable bonds is 4. The summed E-state index contributed by atoms with van der Waals surface area (Å²) in [6, 6.07) is 1.14. The van der Waals surface area contributed by atoms with Gasteiger partial charge in [0.2, 0.25) is 11.8 Å². The minimum absolute atomic E-state index is 0.120. The first-order valence-electron chi connectivity index (χ1n) is 4.33. The van der Waals surface area contributed by atoms with Gasteiger partial charge in [0, 0.05) is 6.07 Å². The number of anilines is 1. The Bertz CT molecular complexity index is 458. The molecule has 18 heavy (non-hydrogen) atoms. The van der Waals surface area contributed by atoms with Gasteiger partial charge in [-0.05, 0) is 0 Å². The molecular weight excluding hydrogens is 282 g/mol. The Balaban J connectivity index is 2.91. The van der Waals surface area contributed by atoms with E-state index in [0.29, 0.717) is 0 Å². The van der Waals surface area contributed by atoms with Gasteiger partial charge in [0.25, 0.3) is 0 Å². The van der Waals surface area contributed by atoms with Crippen LogP contribution in [0.1, 0.15) is 0 Å². The molecule has 0 saturated carbocycles. The SMILES string of the molecule is COc1cc(Cl)nc(NC(=O)C(F)(F)C(F)F)n1. The Kier molecular flexibility index (Phi) is 4.28. The highest BCUT2D eigenvalue weighted by molar-refractivity contribution is 6.29. The second-order valence-corrected chi connectivity index (χ2v) is 3.32. The highest BCUT2D eigenvalue weighted by Gasteiger charge is 2.49. The molecule has 5 nitrogen and oxygen atoms in total. The second-order valence-electron chi connectivity index (χ2n) is 2.93. The maximum Gasteiger partial charge on any atom is 0.383 e. The van der Waals surface area contributed by atoms with Crippen molar-refractivity contribution in [3.8, 4) is 5.88 Å². The molecule has 0 saturated heterocycles. The van der Waals surface area contributed by atoms with Crippen LogP contribution in [0.2, 0.25) is 5.15 Å². The Morgan fingerprint density at radius 1 is 1.50 bits per heavy atom. The zero-order valence-electron chi connectivity index (χ0n) is 8.76. The number of nitrogens with one attached hydrogen (secondary N) is 1. The van der Waals surface area contributed by atoms with Crippen LogP contribution in [-0.2, 0) is 4.79 Å². The number of carbonyl (C=O) groups is 1. The van der Waals surface area contributed by atoms with Crippen molar-refractivity contribution in [2.75, 3.05) is 12.4 Å². The Labute approximate surface area is 103 Å². The highest BCUT2D eigenvalue weighted by Crippen LogP contribution is 2.24. The lowest BCUT2D eigenvalue weighted by molar-refractivity contribution is -0.163. The predicted octanol–water partition coefficient (Wildman–Crippen LogP) is 1.98. The van der Waals surface area contributed by atoms with Crippen molar-refractivity contribution in [1.82, 2.24) is 9.97 Å². The van der Waals surface area contributed by atoms with E-state index in [1.54, 1.807) is 0 Å². The summed E-state index contributed by atoms with van der Waals surface area (Å²) in [5, 5.41) is 1.21. The number of hydrogen-bond acceptors (Lipinski definition) is 4. The van der Waals surface area contributed by atoms with E-state index in [9.17, 15) is 22.4 Å². The molecule has 1 rings (SSSR count). The lowest BCUT2D eigenvalue weighted by Gasteiger charge is -2.14. The monoisotopic (exact) mass is 287 g/mol. The van der Waals surface area contributed by atoms with Gasteiger partial charge < -0.3 is 4.74 Å². The molecule has 1 amide bonds. The quantitative estimate of drug-likeness (QED) is 0.679. The van der Waals surface area contributed by atoms with E-state index in [0.717, 1.165) is 6.07 Å². The molecule has 1 aromatic heterocycles. The number of carbonyl (C=O) groups excluding carboxylic acids is 1. The summed E-state index contributed by atoms with van der Waals surface area (Å²) in [7, 11) is 1.21. The van der Waals surface area contributed by atoms with E-state index < -0.39 is 24.2 Å². The summed E-state index contributed by atoms with van der Waals surface area (Å²) >= 11 is 5.47. The summed E-state index contributed by atoms with van der Waals surface area (Å²) in [4.78, 5) is 17.7. The van der Waals surface area contributed by atoms with Crippen molar-refractivity contribution in [3.63, 3.8) is 0 Å². The molecule has 0 atom stereocenters. The topological polar surface area (TPSA) is 64.1 Å². The largest absolute Gasteiger partial charge is 0.481 e. The van der Waals surface area contributed by atoms with Crippen molar-refractivity contribution < 1.29 is 27.1 Å². The number of amides is 1. The van der Waals surface area contributed by atoms with Crippen molar-refractivity contribution in [2.45, 2.75) is 12.3 Å². The summed E-state index contributed by atoms with van der Waals surface area (Å²) in [5.74, 6) is -7.86. The summed E-state index contributed by atoms with van der Waals surface area (Å²) < 4.78 is 53.7. The van der Waals surface area contributed by atoms with E-state index in [-0.39, 0.29) is 11.0 Å². The van der Waals surface area contributed by atoms with Gasteiger partial charge in [-0.3, -0.25) is 10.1 Å². The van der Waals surface area contributed by atoms with Gasteiger partial charge in [0.05, 0.1) is 7.11 Å². The van der Waals surface area contributed by atoms with Gasteiger partial charge in [-0.2, -0.15) is 13.8 Å². The molecule has 100 valence electrons. The van der Waals surface area contributed by atoms with Gasteiger partial charge in [-0.1, -0.05) is 11.6 Å². The van der Waals surface area contributed by atoms with Crippen molar-refractivity contribution in [3.05, 3.63) is 11.2 Å². The lowest BCUT2D eigenvalue weighted by Crippen LogP contribution is -2.41. The molecule has 0 bridgehead atoms. The van der Waals surface area contributed by atoms with Crippen molar-refractivity contribution in [1.29, 1.82) is 0 Å². The fourth-order valence-corrected chi connectivity index (χ4v) is 1.01. The first-order chi connectivity index (χ1) is 8.27. The summed E-state index contributed by atoms with van der Waals surface area (Å²) in [6.45, 7) is 0. The molecule has 0 unspecified atom stereocenters. The van der Waals surface area contributed by atoms with Crippen LogP contribution in [-0.4, -0.2) is 35.3 Å². The van der Waals surface area contributed by atoms with E-state index in [4.69, 9.17) is 11.6 Å². The first-order valence-corrected chi connectivity index (χ1v) is 4.71. The average Bonchev–Trinajstić information content (AvgIpc) is 2.27. The number of methoxy groups -OCH3 is 1. The predicted molar refractivity (Wildman–Crippen MR) is 53.2 cm³/mol. The third kappa shape index (κ3) is 3.19. The van der Waals surface area contributed by atoms with Gasteiger partial charge in [-0.25, -0.2) is 13.8 Å². The third-order valence-electron chi connectivity index (χ3n) is 1.68. The maximum atomic E-state index is 12.6. The zero-order chi connectivity index (χ0) is 13.9. The van der Waals surface area contributed by atoms with Crippen molar-refractivity contribution in [2.24, 2.45) is 0 Å². The number of aromatic nitrogens is 2. The molecule has 1 N–H and O–H groups in total. The fourth-order valence-electron chi connectivity index (χ4n) is 0.841. The fraction of sp³-hybridized carbons (Fsp3) is 0.375. The number of ether oxygens (including phenoxy) is 1. The molecule has 0 spiro atoms. The first kappa shape index (κ1) is 14.4. The number of hydrogen-bond donors (Lipinski definition) is 1. The van der Waals surface area contributed by atoms with Crippen LogP contribution < -0.4 is 10.1 Å². The van der Waals surface area contributed by atoms with Crippen LogP contribution >= 0.6 is 11.6 Å². The van der Waals surface area contributed by atoms with Crippen LogP contribution in [0.3, 0.4) is 0 Å². The molecule has 0 aliphatic carbocycles. The lowest BCUT2D eigenvalue weighted by atomic mass is 10.3. The normalized spacial score (nSPS) is 11.5. The van der Waals surface area contributed by atoms with Crippen LogP contribution in [0.4, 0.5) is 23.5 Å². The molecule has 1 heterocycles. The number of nitrogens with zero attached hydrogens (tertiary/aromatic N) is 2. The molecule has 0 aromatic carbocycles. The molecule has 10 heteroatoms. The molecule has 0 aliphatic rings. The van der Waals surface area contributed by atoms with E-state index in [1.807, 2.05) is 0 Å². The van der Waals surface area contributed by atoms with Gasteiger partial charge in [0.1, 0.15) is 5.15 Å². The number of alkyl halides is 4. The second kappa shape index (κ2) is 5.34. The van der Waals surface area contributed by atoms with E-state index in [2.05, 4.69) is 14.7 Å². The summed E-state index contributed by atoms with van der Waals surface area (Å²) in [5.41, 5.74) is 0. The Morgan fingerprint density at radius 2 is 2.11 bits per heavy atom. The Hall–Kier alpha value is -1.64. The summed E-state index contributed by atoms with van der Waals surface area (Å²) in [6.07, 6.45) is -4.14. The highest BCUT2D eigenvalue weighted by atomic mass is 35.5. The standard InChI is InChI=1S/C8H6ClF4N3O2/c1-18-4-2-3(9)14-7(15-4)16-6(17)8(12,13)5(10)11/h2,5H,1H3,(H,14,15,16,17). The van der Waals surface area contributed by atoms with Crippen LogP contribution in [0.5, 0.6) is 5.88 Å². The number of halogens is 5. The van der Waals surface area contributed by atoms with Gasteiger partial charge >= 0.3 is 18.3 Å². The molecule has 0 fully saturated rings. The minimum atomic E-state index is -4.85. The van der Waals surface area contributed by atoms with E-state index >= 15 is 0 Å². The van der Waals surface area contributed by atoms with Crippen LogP contribution in [0.15, 0.2) is 6.07 Å². The van der Waals surface area contributed by atoms with E-state index in [1.165, 1.54) is 12.4 Å². The zero-order valence-corrected chi connectivity index (χ0v) is 9.51. The molecule has 0 aliphatic heterocycles. The molecular formula is C8H6ClF4N3O2. The van der Waals surface area contributed by atoms with Crippen molar-refractivity contribution >= 4 is 23.5 Å². The average molecular weight is 288 g/mol. The van der Waals surface area contributed by atoms with Crippen LogP contribution in [0, 0.1) is 0 Å². The Morgan fingerprint density at radius 3 is 2.61 bits per heavy atom. The smallest absolute Gasteiger partial charge is 0.383 e. The maximum absolute atomic E-state index is 12.6. The minimum Gasteiger partial charge on any atom is -0.481 e.